The minimum absolute atomic E-state index is 0.140. The van der Waals surface area contributed by atoms with Crippen LogP contribution < -0.4 is 14.2 Å². The van der Waals surface area contributed by atoms with E-state index >= 15 is 0 Å². The van der Waals surface area contributed by atoms with Gasteiger partial charge in [-0.05, 0) is 18.2 Å². The molecule has 0 saturated carbocycles. The maximum atomic E-state index is 13.9. The molecule has 0 saturated heterocycles. The number of hydrogen-bond acceptors (Lipinski definition) is 4. The zero-order chi connectivity index (χ0) is 17.8. The number of sulfonamides is 1. The lowest BCUT2D eigenvalue weighted by molar-refractivity contribution is 0.348. The van der Waals surface area contributed by atoms with Crippen LogP contribution in [-0.2, 0) is 22.9 Å². The summed E-state index contributed by atoms with van der Waals surface area (Å²) in [7, 11) is -4.30. The first-order valence-corrected chi connectivity index (χ1v) is 8.97. The Morgan fingerprint density at radius 1 is 1.00 bits per heavy atom. The van der Waals surface area contributed by atoms with Crippen LogP contribution in [0.3, 0.4) is 0 Å². The Hall–Kier alpha value is -2.42. The van der Waals surface area contributed by atoms with Gasteiger partial charge in [-0.25, -0.2) is 21.6 Å². The van der Waals surface area contributed by atoms with Crippen molar-refractivity contribution in [3.8, 4) is 11.5 Å². The molecule has 0 fully saturated rings. The second-order valence-electron chi connectivity index (χ2n) is 5.70. The quantitative estimate of drug-likeness (QED) is 0.843. The van der Waals surface area contributed by atoms with Gasteiger partial charge >= 0.3 is 0 Å². The number of benzene rings is 2. The highest BCUT2D eigenvalue weighted by Gasteiger charge is 2.34. The third-order valence-corrected chi connectivity index (χ3v) is 5.61. The van der Waals surface area contributed by atoms with Gasteiger partial charge in [0.25, 0.3) is 10.0 Å². The van der Waals surface area contributed by atoms with Crippen LogP contribution in [0.2, 0.25) is 0 Å². The molecule has 0 aromatic heterocycles. The summed E-state index contributed by atoms with van der Waals surface area (Å²) in [6.45, 7) is 0.639. The molecule has 1 N–H and O–H groups in total. The Labute approximate surface area is 141 Å². The lowest BCUT2D eigenvalue weighted by atomic mass is 10.1. The molecule has 0 atom stereocenters. The van der Waals surface area contributed by atoms with E-state index < -0.39 is 33.2 Å². The summed E-state index contributed by atoms with van der Waals surface area (Å²) in [5.74, 6) is -4.12. The maximum absolute atomic E-state index is 13.9. The summed E-state index contributed by atoms with van der Waals surface area (Å²) in [6, 6.07) is 3.21. The molecule has 2 aliphatic heterocycles. The fourth-order valence-electron chi connectivity index (χ4n) is 3.03. The minimum Gasteiger partial charge on any atom is -0.493 e. The summed E-state index contributed by atoms with van der Waals surface area (Å²) in [4.78, 5) is -0.140. The van der Waals surface area contributed by atoms with Crippen LogP contribution in [-0.4, -0.2) is 21.6 Å². The molecule has 0 unspecified atom stereocenters. The van der Waals surface area contributed by atoms with Gasteiger partial charge < -0.3 is 9.47 Å². The van der Waals surface area contributed by atoms with Gasteiger partial charge in [0.15, 0.2) is 17.5 Å². The Bertz CT molecular complexity index is 959. The Balaban J connectivity index is 1.84. The standard InChI is InChI=1S/C16H12F3NO4S/c17-10-1-2-11(14(19)13(10)18)20-25(21,22)16-9-4-6-23-12(9)7-8-3-5-24-15(8)16/h1-2,7,20H,3-6H2. The molecule has 5 nitrogen and oxygen atoms in total. The molecule has 0 amide bonds. The van der Waals surface area contributed by atoms with Crippen LogP contribution in [0.5, 0.6) is 11.5 Å². The lowest BCUT2D eigenvalue weighted by Gasteiger charge is -2.15. The molecule has 0 radical (unpaired) electrons. The second-order valence-corrected chi connectivity index (χ2v) is 7.32. The molecule has 0 spiro atoms. The van der Waals surface area contributed by atoms with E-state index in [1.807, 2.05) is 4.72 Å². The molecule has 0 aliphatic carbocycles. The number of halogens is 3. The monoisotopic (exact) mass is 371 g/mol. The number of nitrogens with one attached hydrogen (secondary N) is 1. The molecular weight excluding hydrogens is 359 g/mol. The smallest absolute Gasteiger partial charge is 0.266 e. The number of rotatable bonds is 3. The molecule has 4 rings (SSSR count). The van der Waals surface area contributed by atoms with Crippen LogP contribution in [0.15, 0.2) is 23.1 Å². The van der Waals surface area contributed by atoms with E-state index in [1.54, 1.807) is 6.07 Å². The molecule has 2 aromatic rings. The van der Waals surface area contributed by atoms with Crippen LogP contribution in [0, 0.1) is 17.5 Å². The van der Waals surface area contributed by atoms with Crippen molar-refractivity contribution in [3.05, 3.63) is 46.8 Å². The fraction of sp³-hybridized carbons (Fsp3) is 0.250. The van der Waals surface area contributed by atoms with E-state index in [0.29, 0.717) is 49.0 Å². The van der Waals surface area contributed by atoms with E-state index in [-0.39, 0.29) is 10.6 Å². The minimum atomic E-state index is -4.30. The van der Waals surface area contributed by atoms with Crippen molar-refractivity contribution >= 4 is 15.7 Å². The first-order valence-electron chi connectivity index (χ1n) is 7.49. The van der Waals surface area contributed by atoms with Gasteiger partial charge in [0.05, 0.1) is 18.9 Å². The van der Waals surface area contributed by atoms with Gasteiger partial charge in [0, 0.05) is 24.0 Å². The predicted molar refractivity (Wildman–Crippen MR) is 82.0 cm³/mol. The van der Waals surface area contributed by atoms with E-state index in [4.69, 9.17) is 9.47 Å². The SMILES string of the molecule is O=S(=O)(Nc1ccc(F)c(F)c1F)c1c2c(cc3c1OCC3)OCC2. The van der Waals surface area contributed by atoms with Crippen molar-refractivity contribution in [3.63, 3.8) is 0 Å². The summed E-state index contributed by atoms with van der Waals surface area (Å²) in [5, 5.41) is 0. The highest BCUT2D eigenvalue weighted by Crippen LogP contribution is 2.43. The van der Waals surface area contributed by atoms with Crippen molar-refractivity contribution in [1.82, 2.24) is 0 Å². The molecule has 2 heterocycles. The largest absolute Gasteiger partial charge is 0.493 e. The highest BCUT2D eigenvalue weighted by atomic mass is 32.2. The average molecular weight is 371 g/mol. The van der Waals surface area contributed by atoms with E-state index in [1.165, 1.54) is 0 Å². The zero-order valence-electron chi connectivity index (χ0n) is 12.7. The summed E-state index contributed by atoms with van der Waals surface area (Å²) in [6.07, 6.45) is 0.872. The van der Waals surface area contributed by atoms with E-state index in [2.05, 4.69) is 0 Å². The van der Waals surface area contributed by atoms with E-state index in [9.17, 15) is 21.6 Å². The molecular formula is C16H12F3NO4S. The van der Waals surface area contributed by atoms with Gasteiger partial charge in [-0.3, -0.25) is 4.72 Å². The topological polar surface area (TPSA) is 64.6 Å². The van der Waals surface area contributed by atoms with Crippen molar-refractivity contribution in [2.45, 2.75) is 17.7 Å². The predicted octanol–water partition coefficient (Wildman–Crippen LogP) is 2.77. The van der Waals surface area contributed by atoms with Gasteiger partial charge in [-0.1, -0.05) is 0 Å². The Morgan fingerprint density at radius 2 is 1.76 bits per heavy atom. The summed E-state index contributed by atoms with van der Waals surface area (Å²) < 4.78 is 78.8. The first-order chi connectivity index (χ1) is 11.9. The highest BCUT2D eigenvalue weighted by molar-refractivity contribution is 7.92. The third kappa shape index (κ3) is 2.50. The van der Waals surface area contributed by atoms with Crippen molar-refractivity contribution in [1.29, 1.82) is 0 Å². The molecule has 132 valence electrons. The Morgan fingerprint density at radius 3 is 2.56 bits per heavy atom. The van der Waals surface area contributed by atoms with Crippen LogP contribution in [0.1, 0.15) is 11.1 Å². The number of anilines is 1. The number of ether oxygens (including phenoxy) is 2. The maximum Gasteiger partial charge on any atom is 0.266 e. The van der Waals surface area contributed by atoms with Crippen LogP contribution >= 0.6 is 0 Å². The molecule has 0 bridgehead atoms. The van der Waals surface area contributed by atoms with Gasteiger partial charge in [0.2, 0.25) is 0 Å². The first kappa shape index (κ1) is 16.1. The normalized spacial score (nSPS) is 15.3. The second kappa shape index (κ2) is 5.55. The van der Waals surface area contributed by atoms with Crippen molar-refractivity contribution < 1.29 is 31.1 Å². The third-order valence-electron chi connectivity index (χ3n) is 4.15. The van der Waals surface area contributed by atoms with Gasteiger partial charge in [-0.2, -0.15) is 0 Å². The molecule has 2 aromatic carbocycles. The van der Waals surface area contributed by atoms with Crippen LogP contribution in [0.25, 0.3) is 0 Å². The van der Waals surface area contributed by atoms with Crippen LogP contribution in [0.4, 0.5) is 18.9 Å². The van der Waals surface area contributed by atoms with Gasteiger partial charge in [0.1, 0.15) is 16.4 Å². The molecule has 25 heavy (non-hydrogen) atoms. The lowest BCUT2D eigenvalue weighted by Crippen LogP contribution is -2.17. The summed E-state index contributed by atoms with van der Waals surface area (Å²) in [5.41, 5.74) is 0.421. The average Bonchev–Trinajstić information content (AvgIpc) is 3.21. The fourth-order valence-corrected chi connectivity index (χ4v) is 4.54. The molecule has 2 aliphatic rings. The van der Waals surface area contributed by atoms with E-state index in [0.717, 1.165) is 6.07 Å². The van der Waals surface area contributed by atoms with Crippen molar-refractivity contribution in [2.75, 3.05) is 17.9 Å². The van der Waals surface area contributed by atoms with Gasteiger partial charge in [-0.15, -0.1) is 0 Å². The molecule has 9 heteroatoms. The summed E-state index contributed by atoms with van der Waals surface area (Å²) >= 11 is 0. The Kier molecular flexibility index (Phi) is 3.57. The number of hydrogen-bond donors (Lipinski definition) is 1. The van der Waals surface area contributed by atoms with Crippen molar-refractivity contribution in [2.24, 2.45) is 0 Å². The number of fused-ring (bicyclic) bond motifs is 2. The zero-order valence-corrected chi connectivity index (χ0v) is 13.6.